The Hall–Kier alpha value is -1.87. The number of fused-ring (bicyclic) bond motifs is 1. The van der Waals surface area contributed by atoms with Crippen LogP contribution in [0.3, 0.4) is 0 Å². The second-order valence-corrected chi connectivity index (χ2v) is 5.27. The lowest BCUT2D eigenvalue weighted by molar-refractivity contribution is 0.193. The summed E-state index contributed by atoms with van der Waals surface area (Å²) in [6.45, 7) is 2.11. The maximum atomic E-state index is 13.7. The topological polar surface area (TPSA) is 29.5 Å². The minimum atomic E-state index is -0.803. The van der Waals surface area contributed by atoms with Crippen molar-refractivity contribution in [2.75, 3.05) is 6.61 Å². The molecule has 2 nitrogen and oxygen atoms in total. The molecule has 0 saturated carbocycles. The van der Waals surface area contributed by atoms with Crippen molar-refractivity contribution in [3.05, 3.63) is 65.0 Å². The normalized spacial score (nSPS) is 18.1. The molecular formula is C17H17FO2. The summed E-state index contributed by atoms with van der Waals surface area (Å²) in [7, 11) is 0. The second-order valence-electron chi connectivity index (χ2n) is 5.27. The van der Waals surface area contributed by atoms with Crippen LogP contribution < -0.4 is 4.74 Å². The van der Waals surface area contributed by atoms with Gasteiger partial charge in [-0.3, -0.25) is 0 Å². The third kappa shape index (κ3) is 2.41. The van der Waals surface area contributed by atoms with Crippen LogP contribution in [0.4, 0.5) is 4.39 Å². The van der Waals surface area contributed by atoms with Crippen LogP contribution in [0.15, 0.2) is 42.5 Å². The maximum absolute atomic E-state index is 13.7. The molecule has 104 valence electrons. The molecular weight excluding hydrogens is 255 g/mol. The number of hydrogen-bond acceptors (Lipinski definition) is 2. The molecule has 2 aromatic rings. The van der Waals surface area contributed by atoms with Gasteiger partial charge in [0.2, 0.25) is 0 Å². The van der Waals surface area contributed by atoms with Crippen molar-refractivity contribution in [1.29, 1.82) is 0 Å². The van der Waals surface area contributed by atoms with Crippen molar-refractivity contribution in [3.63, 3.8) is 0 Å². The molecule has 0 spiro atoms. The summed E-state index contributed by atoms with van der Waals surface area (Å²) in [5.74, 6) is 0.480. The molecule has 0 saturated heterocycles. The van der Waals surface area contributed by atoms with Gasteiger partial charge in [0.1, 0.15) is 11.6 Å². The smallest absolute Gasteiger partial charge is 0.132 e. The molecule has 2 aromatic carbocycles. The molecule has 0 aromatic heterocycles. The minimum absolute atomic E-state index is 0.298. The van der Waals surface area contributed by atoms with E-state index in [1.807, 2.05) is 12.1 Å². The van der Waals surface area contributed by atoms with E-state index in [1.165, 1.54) is 17.2 Å². The van der Waals surface area contributed by atoms with Crippen molar-refractivity contribution in [2.45, 2.75) is 25.4 Å². The van der Waals surface area contributed by atoms with Gasteiger partial charge < -0.3 is 9.84 Å². The summed E-state index contributed by atoms with van der Waals surface area (Å²) in [6, 6.07) is 12.9. The number of aliphatic hydroxyl groups is 1. The summed E-state index contributed by atoms with van der Waals surface area (Å²) >= 11 is 0. The van der Waals surface area contributed by atoms with Gasteiger partial charge in [0.05, 0.1) is 12.7 Å². The van der Waals surface area contributed by atoms with E-state index in [2.05, 4.69) is 12.1 Å². The molecule has 0 aliphatic heterocycles. The Morgan fingerprint density at radius 2 is 2.10 bits per heavy atom. The SMILES string of the molecule is C[C@@H](O)c1ccc(OCC2Cc3ccccc32)cc1F. The van der Waals surface area contributed by atoms with Crippen LogP contribution in [0.2, 0.25) is 0 Å². The molecule has 2 atom stereocenters. The molecule has 3 heteroatoms. The van der Waals surface area contributed by atoms with Gasteiger partial charge in [-0.25, -0.2) is 4.39 Å². The molecule has 1 unspecified atom stereocenters. The molecule has 0 heterocycles. The third-order valence-corrected chi connectivity index (χ3v) is 3.83. The molecule has 0 radical (unpaired) electrons. The number of rotatable bonds is 4. The molecule has 0 amide bonds. The van der Waals surface area contributed by atoms with E-state index in [0.29, 0.717) is 23.8 Å². The summed E-state index contributed by atoms with van der Waals surface area (Å²) in [5, 5.41) is 9.39. The van der Waals surface area contributed by atoms with Crippen molar-refractivity contribution in [3.8, 4) is 5.75 Å². The van der Waals surface area contributed by atoms with E-state index in [1.54, 1.807) is 19.1 Å². The molecule has 1 N–H and O–H groups in total. The number of hydrogen-bond donors (Lipinski definition) is 1. The zero-order valence-corrected chi connectivity index (χ0v) is 11.3. The second kappa shape index (κ2) is 5.25. The van der Waals surface area contributed by atoms with E-state index in [4.69, 9.17) is 4.74 Å². The van der Waals surface area contributed by atoms with Gasteiger partial charge in [-0.2, -0.15) is 0 Å². The van der Waals surface area contributed by atoms with Crippen LogP contribution in [-0.4, -0.2) is 11.7 Å². The maximum Gasteiger partial charge on any atom is 0.132 e. The Morgan fingerprint density at radius 1 is 1.30 bits per heavy atom. The summed E-state index contributed by atoms with van der Waals surface area (Å²) in [6.07, 6.45) is 0.215. The number of halogens is 1. The van der Waals surface area contributed by atoms with Gasteiger partial charge in [-0.05, 0) is 36.6 Å². The first-order valence-corrected chi connectivity index (χ1v) is 6.83. The van der Waals surface area contributed by atoms with Crippen molar-refractivity contribution >= 4 is 0 Å². The van der Waals surface area contributed by atoms with Crippen LogP contribution in [0.25, 0.3) is 0 Å². The third-order valence-electron chi connectivity index (χ3n) is 3.83. The predicted octanol–water partition coefficient (Wildman–Crippen LogP) is 3.60. The highest BCUT2D eigenvalue weighted by Crippen LogP contribution is 2.35. The van der Waals surface area contributed by atoms with Crippen molar-refractivity contribution in [1.82, 2.24) is 0 Å². The van der Waals surface area contributed by atoms with Gasteiger partial charge in [-0.15, -0.1) is 0 Å². The Morgan fingerprint density at radius 3 is 2.80 bits per heavy atom. The van der Waals surface area contributed by atoms with Gasteiger partial charge >= 0.3 is 0 Å². The quantitative estimate of drug-likeness (QED) is 0.921. The average molecular weight is 272 g/mol. The molecule has 20 heavy (non-hydrogen) atoms. The van der Waals surface area contributed by atoms with E-state index in [9.17, 15) is 9.50 Å². The highest BCUT2D eigenvalue weighted by molar-refractivity contribution is 5.40. The zero-order valence-electron chi connectivity index (χ0n) is 11.3. The average Bonchev–Trinajstić information content (AvgIpc) is 2.39. The lowest BCUT2D eigenvalue weighted by atomic mass is 9.78. The first kappa shape index (κ1) is 13.1. The Labute approximate surface area is 117 Å². The fraction of sp³-hybridized carbons (Fsp3) is 0.294. The highest BCUT2D eigenvalue weighted by Gasteiger charge is 2.25. The van der Waals surface area contributed by atoms with Gasteiger partial charge in [-0.1, -0.05) is 24.3 Å². The Balaban J connectivity index is 1.64. The van der Waals surface area contributed by atoms with E-state index in [-0.39, 0.29) is 0 Å². The van der Waals surface area contributed by atoms with Crippen LogP contribution >= 0.6 is 0 Å². The highest BCUT2D eigenvalue weighted by atomic mass is 19.1. The number of aliphatic hydroxyl groups excluding tert-OH is 1. The fourth-order valence-electron chi connectivity index (χ4n) is 2.64. The monoisotopic (exact) mass is 272 g/mol. The molecule has 1 aliphatic carbocycles. The van der Waals surface area contributed by atoms with Crippen LogP contribution in [0, 0.1) is 5.82 Å². The van der Waals surface area contributed by atoms with Crippen molar-refractivity contribution in [2.24, 2.45) is 0 Å². The van der Waals surface area contributed by atoms with Crippen LogP contribution in [0.1, 0.15) is 35.6 Å². The van der Waals surface area contributed by atoms with E-state index < -0.39 is 11.9 Å². The fourth-order valence-corrected chi connectivity index (χ4v) is 2.64. The minimum Gasteiger partial charge on any atom is -0.493 e. The number of benzene rings is 2. The Bertz CT molecular complexity index is 622. The van der Waals surface area contributed by atoms with Gasteiger partial charge in [0, 0.05) is 17.5 Å². The molecule has 0 bridgehead atoms. The Kier molecular flexibility index (Phi) is 3.45. The first-order valence-electron chi connectivity index (χ1n) is 6.83. The van der Waals surface area contributed by atoms with Crippen LogP contribution in [-0.2, 0) is 6.42 Å². The zero-order chi connectivity index (χ0) is 14.1. The van der Waals surface area contributed by atoms with Crippen LogP contribution in [0.5, 0.6) is 5.75 Å². The first-order chi connectivity index (χ1) is 9.65. The summed E-state index contributed by atoms with van der Waals surface area (Å²) in [4.78, 5) is 0. The lowest BCUT2D eigenvalue weighted by Crippen LogP contribution is -2.23. The number of ether oxygens (including phenoxy) is 1. The molecule has 0 fully saturated rings. The largest absolute Gasteiger partial charge is 0.493 e. The van der Waals surface area contributed by atoms with E-state index >= 15 is 0 Å². The summed E-state index contributed by atoms with van der Waals surface area (Å²) < 4.78 is 19.4. The van der Waals surface area contributed by atoms with Gasteiger partial charge in [0.25, 0.3) is 0 Å². The molecule has 1 aliphatic rings. The standard InChI is InChI=1S/C17H17FO2/c1-11(19)15-7-6-14(9-17(15)18)20-10-13-8-12-4-2-3-5-16(12)13/h2-7,9,11,13,19H,8,10H2,1H3/t11-,13?/m1/s1. The van der Waals surface area contributed by atoms with Crippen molar-refractivity contribution < 1.29 is 14.2 Å². The summed E-state index contributed by atoms with van der Waals surface area (Å²) in [5.41, 5.74) is 3.00. The molecule has 3 rings (SSSR count). The van der Waals surface area contributed by atoms with E-state index in [0.717, 1.165) is 6.42 Å². The van der Waals surface area contributed by atoms with Gasteiger partial charge in [0.15, 0.2) is 0 Å². The lowest BCUT2D eigenvalue weighted by Gasteiger charge is -2.29. The predicted molar refractivity (Wildman–Crippen MR) is 75.4 cm³/mol.